The fraction of sp³-hybridized carbons (Fsp3) is 0.625. The Morgan fingerprint density at radius 1 is 1.16 bits per heavy atom. The smallest absolute Gasteiger partial charge is 0.118 e. The molecule has 2 unspecified atom stereocenters. The van der Waals surface area contributed by atoms with Crippen molar-refractivity contribution in [3.63, 3.8) is 0 Å². The number of benzene rings is 1. The zero-order valence-electron chi connectivity index (χ0n) is 13.1. The van der Waals surface area contributed by atoms with Gasteiger partial charge in [0.05, 0.1) is 7.11 Å². The quantitative estimate of drug-likeness (QED) is 0.819. The summed E-state index contributed by atoms with van der Waals surface area (Å²) in [4.78, 5) is 2.40. The summed E-state index contributed by atoms with van der Waals surface area (Å²) in [7, 11) is 3.88. The maximum absolute atomic E-state index is 5.22. The van der Waals surface area contributed by atoms with E-state index in [0.29, 0.717) is 18.1 Å². The Bertz CT molecular complexity index is 362. The molecule has 1 rings (SSSR count). The van der Waals surface area contributed by atoms with E-state index in [-0.39, 0.29) is 0 Å². The van der Waals surface area contributed by atoms with Crippen LogP contribution in [0, 0.1) is 0 Å². The second-order valence-corrected chi connectivity index (χ2v) is 5.31. The number of rotatable bonds is 7. The molecular formula is C16H28N2O. The van der Waals surface area contributed by atoms with Crippen LogP contribution in [0.25, 0.3) is 0 Å². The number of hydrogen-bond donors (Lipinski definition) is 1. The molecule has 0 aliphatic rings. The standard InChI is InChI=1S/C16H28N2O/c1-7-17-16(13(4)18(5)12(2)3)14-8-10-15(19-6)11-9-14/h8-13,16-17H,7H2,1-6H3. The summed E-state index contributed by atoms with van der Waals surface area (Å²) < 4.78 is 5.22. The number of likely N-dealkylation sites (N-methyl/N-ethyl adjacent to an activating group) is 2. The van der Waals surface area contributed by atoms with Gasteiger partial charge in [-0.05, 0) is 52.1 Å². The lowest BCUT2D eigenvalue weighted by Crippen LogP contribution is -2.44. The summed E-state index contributed by atoms with van der Waals surface area (Å²) in [6, 6.07) is 9.67. The van der Waals surface area contributed by atoms with Gasteiger partial charge in [-0.2, -0.15) is 0 Å². The Hall–Kier alpha value is -1.06. The van der Waals surface area contributed by atoms with E-state index in [1.165, 1.54) is 5.56 Å². The zero-order valence-corrected chi connectivity index (χ0v) is 13.1. The molecule has 0 saturated carbocycles. The summed E-state index contributed by atoms with van der Waals surface area (Å²) in [6.45, 7) is 9.85. The van der Waals surface area contributed by atoms with Crippen LogP contribution in [0.1, 0.15) is 39.3 Å². The molecule has 0 radical (unpaired) electrons. The summed E-state index contributed by atoms with van der Waals surface area (Å²) in [6.07, 6.45) is 0. The van der Waals surface area contributed by atoms with Crippen molar-refractivity contribution in [3.05, 3.63) is 29.8 Å². The van der Waals surface area contributed by atoms with Crippen molar-refractivity contribution in [1.82, 2.24) is 10.2 Å². The minimum absolute atomic E-state index is 0.336. The van der Waals surface area contributed by atoms with Crippen LogP contribution >= 0.6 is 0 Å². The Balaban J connectivity index is 2.91. The van der Waals surface area contributed by atoms with Gasteiger partial charge in [0, 0.05) is 18.1 Å². The van der Waals surface area contributed by atoms with Gasteiger partial charge in [0.25, 0.3) is 0 Å². The molecule has 0 amide bonds. The van der Waals surface area contributed by atoms with Crippen molar-refractivity contribution in [2.75, 3.05) is 20.7 Å². The lowest BCUT2D eigenvalue weighted by atomic mass is 9.98. The lowest BCUT2D eigenvalue weighted by molar-refractivity contribution is 0.169. The highest BCUT2D eigenvalue weighted by molar-refractivity contribution is 5.29. The Kier molecular flexibility index (Phi) is 6.32. The van der Waals surface area contributed by atoms with Crippen LogP contribution in [0.15, 0.2) is 24.3 Å². The van der Waals surface area contributed by atoms with E-state index in [4.69, 9.17) is 4.74 Å². The monoisotopic (exact) mass is 264 g/mol. The van der Waals surface area contributed by atoms with Gasteiger partial charge in [-0.15, -0.1) is 0 Å². The van der Waals surface area contributed by atoms with E-state index >= 15 is 0 Å². The molecule has 2 atom stereocenters. The van der Waals surface area contributed by atoms with Crippen LogP contribution in [0.4, 0.5) is 0 Å². The second-order valence-electron chi connectivity index (χ2n) is 5.31. The van der Waals surface area contributed by atoms with Crippen LogP contribution in [0.5, 0.6) is 5.75 Å². The second kappa shape index (κ2) is 7.51. The third kappa shape index (κ3) is 4.22. The molecule has 0 spiro atoms. The third-order valence-corrected chi connectivity index (χ3v) is 3.84. The zero-order chi connectivity index (χ0) is 14.4. The Morgan fingerprint density at radius 3 is 2.16 bits per heavy atom. The predicted molar refractivity (Wildman–Crippen MR) is 81.8 cm³/mol. The summed E-state index contributed by atoms with van der Waals surface area (Å²) in [5, 5.41) is 3.59. The number of methoxy groups -OCH3 is 1. The molecule has 0 aliphatic carbocycles. The van der Waals surface area contributed by atoms with Crippen molar-refractivity contribution in [2.45, 2.75) is 45.8 Å². The SMILES string of the molecule is CCNC(c1ccc(OC)cc1)C(C)N(C)C(C)C. The molecule has 3 heteroatoms. The van der Waals surface area contributed by atoms with Gasteiger partial charge in [-0.1, -0.05) is 19.1 Å². The molecule has 1 aromatic rings. The molecule has 0 aliphatic heterocycles. The highest BCUT2D eigenvalue weighted by Crippen LogP contribution is 2.23. The van der Waals surface area contributed by atoms with Crippen LogP contribution in [-0.4, -0.2) is 37.7 Å². The topological polar surface area (TPSA) is 24.5 Å². The molecule has 0 saturated heterocycles. The van der Waals surface area contributed by atoms with Gasteiger partial charge in [0.15, 0.2) is 0 Å². The normalized spacial score (nSPS) is 14.7. The molecule has 1 N–H and O–H groups in total. The maximum atomic E-state index is 5.22. The van der Waals surface area contributed by atoms with Gasteiger partial charge in [0.2, 0.25) is 0 Å². The van der Waals surface area contributed by atoms with Crippen molar-refractivity contribution in [3.8, 4) is 5.75 Å². The first-order valence-corrected chi connectivity index (χ1v) is 7.10. The molecule has 108 valence electrons. The third-order valence-electron chi connectivity index (χ3n) is 3.84. The highest BCUT2D eigenvalue weighted by atomic mass is 16.5. The van der Waals surface area contributed by atoms with E-state index in [1.54, 1.807) is 7.11 Å². The van der Waals surface area contributed by atoms with E-state index in [0.717, 1.165) is 12.3 Å². The van der Waals surface area contributed by atoms with Gasteiger partial charge in [-0.25, -0.2) is 0 Å². The average molecular weight is 264 g/mol. The van der Waals surface area contributed by atoms with E-state index in [9.17, 15) is 0 Å². The van der Waals surface area contributed by atoms with Crippen LogP contribution < -0.4 is 10.1 Å². The van der Waals surface area contributed by atoms with Crippen molar-refractivity contribution in [1.29, 1.82) is 0 Å². The Morgan fingerprint density at radius 2 is 1.74 bits per heavy atom. The van der Waals surface area contributed by atoms with Crippen LogP contribution in [0.3, 0.4) is 0 Å². The molecule has 19 heavy (non-hydrogen) atoms. The van der Waals surface area contributed by atoms with Gasteiger partial charge < -0.3 is 10.1 Å². The van der Waals surface area contributed by atoms with Gasteiger partial charge in [-0.3, -0.25) is 4.90 Å². The van der Waals surface area contributed by atoms with Crippen molar-refractivity contribution in [2.24, 2.45) is 0 Å². The Labute approximate surface area is 118 Å². The number of ether oxygens (including phenoxy) is 1. The first-order valence-electron chi connectivity index (χ1n) is 7.10. The fourth-order valence-electron chi connectivity index (χ4n) is 2.30. The number of nitrogens with zero attached hydrogens (tertiary/aromatic N) is 1. The molecule has 1 aromatic carbocycles. The van der Waals surface area contributed by atoms with Gasteiger partial charge >= 0.3 is 0 Å². The maximum Gasteiger partial charge on any atom is 0.118 e. The average Bonchev–Trinajstić information content (AvgIpc) is 2.43. The first-order chi connectivity index (χ1) is 9.01. The molecule has 3 nitrogen and oxygen atoms in total. The van der Waals surface area contributed by atoms with E-state index in [2.05, 4.69) is 57.1 Å². The van der Waals surface area contributed by atoms with Crippen LogP contribution in [0.2, 0.25) is 0 Å². The molecule has 0 aromatic heterocycles. The minimum Gasteiger partial charge on any atom is -0.497 e. The molecule has 0 fully saturated rings. The largest absolute Gasteiger partial charge is 0.497 e. The summed E-state index contributed by atoms with van der Waals surface area (Å²) >= 11 is 0. The van der Waals surface area contributed by atoms with E-state index in [1.807, 2.05) is 12.1 Å². The van der Waals surface area contributed by atoms with Crippen molar-refractivity contribution < 1.29 is 4.74 Å². The van der Waals surface area contributed by atoms with Crippen LogP contribution in [-0.2, 0) is 0 Å². The van der Waals surface area contributed by atoms with E-state index < -0.39 is 0 Å². The van der Waals surface area contributed by atoms with Crippen molar-refractivity contribution >= 4 is 0 Å². The highest BCUT2D eigenvalue weighted by Gasteiger charge is 2.23. The predicted octanol–water partition coefficient (Wildman–Crippen LogP) is 3.07. The molecule has 0 heterocycles. The molecule has 0 bridgehead atoms. The summed E-state index contributed by atoms with van der Waals surface area (Å²) in [5.74, 6) is 0.906. The molecular weight excluding hydrogens is 236 g/mol. The first kappa shape index (κ1) is 16.0. The number of nitrogens with one attached hydrogen (secondary N) is 1. The number of hydrogen-bond acceptors (Lipinski definition) is 3. The summed E-state index contributed by atoms with van der Waals surface area (Å²) in [5.41, 5.74) is 1.31. The van der Waals surface area contributed by atoms with Gasteiger partial charge in [0.1, 0.15) is 5.75 Å². The lowest BCUT2D eigenvalue weighted by Gasteiger charge is -2.35. The minimum atomic E-state index is 0.336. The fourth-order valence-corrected chi connectivity index (χ4v) is 2.30.